The maximum Gasteiger partial charge on any atom is 0.139 e. The highest BCUT2D eigenvalue weighted by molar-refractivity contribution is 5.16. The predicted molar refractivity (Wildman–Crippen MR) is 89.2 cm³/mol. The summed E-state index contributed by atoms with van der Waals surface area (Å²) in [5, 5.41) is 19.2. The lowest BCUT2D eigenvalue weighted by atomic mass is 10.1. The number of aromatic nitrogens is 3. The second-order valence-electron chi connectivity index (χ2n) is 7.51. The Balaban J connectivity index is 1.46. The van der Waals surface area contributed by atoms with Crippen LogP contribution in [0.1, 0.15) is 68.0 Å². The van der Waals surface area contributed by atoms with Crippen molar-refractivity contribution >= 4 is 0 Å². The SMILES string of the molecule is CC(C)c1cc(CN2CCCn3nc(C(O)C4CC4)cc3C2)no1. The summed E-state index contributed by atoms with van der Waals surface area (Å²) in [6.45, 7) is 7.80. The number of fused-ring (bicyclic) bond motifs is 1. The van der Waals surface area contributed by atoms with E-state index in [2.05, 4.69) is 45.8 Å². The van der Waals surface area contributed by atoms with Crippen LogP contribution in [0.4, 0.5) is 0 Å². The van der Waals surface area contributed by atoms with Crippen molar-refractivity contribution < 1.29 is 9.63 Å². The molecule has 6 heteroatoms. The number of rotatable bonds is 5. The van der Waals surface area contributed by atoms with Gasteiger partial charge in [-0.2, -0.15) is 5.10 Å². The molecule has 1 aliphatic heterocycles. The molecule has 4 rings (SSSR count). The Bertz CT molecular complexity index is 702. The maximum atomic E-state index is 10.3. The van der Waals surface area contributed by atoms with Crippen LogP contribution >= 0.6 is 0 Å². The molecule has 24 heavy (non-hydrogen) atoms. The highest BCUT2D eigenvalue weighted by atomic mass is 16.5. The molecule has 0 spiro atoms. The molecular weight excluding hydrogens is 304 g/mol. The van der Waals surface area contributed by atoms with Crippen molar-refractivity contribution in [3.8, 4) is 0 Å². The molecule has 1 aliphatic carbocycles. The van der Waals surface area contributed by atoms with Gasteiger partial charge in [0, 0.05) is 38.2 Å². The second-order valence-corrected chi connectivity index (χ2v) is 7.51. The van der Waals surface area contributed by atoms with Gasteiger partial charge >= 0.3 is 0 Å². The molecule has 1 atom stereocenters. The van der Waals surface area contributed by atoms with Crippen molar-refractivity contribution in [2.24, 2.45) is 5.92 Å². The molecule has 0 bridgehead atoms. The van der Waals surface area contributed by atoms with Crippen molar-refractivity contribution in [2.45, 2.75) is 64.8 Å². The number of hydrogen-bond acceptors (Lipinski definition) is 5. The first-order chi connectivity index (χ1) is 11.6. The van der Waals surface area contributed by atoms with E-state index in [0.717, 1.165) is 62.6 Å². The first-order valence-corrected chi connectivity index (χ1v) is 9.02. The van der Waals surface area contributed by atoms with Crippen molar-refractivity contribution in [2.75, 3.05) is 6.54 Å². The van der Waals surface area contributed by atoms with Gasteiger partial charge in [0.05, 0.1) is 17.1 Å². The van der Waals surface area contributed by atoms with Crippen molar-refractivity contribution in [1.82, 2.24) is 19.8 Å². The van der Waals surface area contributed by atoms with Crippen LogP contribution in [-0.4, -0.2) is 31.5 Å². The monoisotopic (exact) mass is 330 g/mol. The van der Waals surface area contributed by atoms with Gasteiger partial charge in [0.15, 0.2) is 0 Å². The lowest BCUT2D eigenvalue weighted by molar-refractivity contribution is 0.148. The van der Waals surface area contributed by atoms with Gasteiger partial charge in [-0.25, -0.2) is 0 Å². The third-order valence-electron chi connectivity index (χ3n) is 5.02. The molecule has 1 N–H and O–H groups in total. The van der Waals surface area contributed by atoms with E-state index in [1.807, 2.05) is 0 Å². The van der Waals surface area contributed by atoms with Gasteiger partial charge in [0.1, 0.15) is 11.9 Å². The highest BCUT2D eigenvalue weighted by Gasteiger charge is 2.33. The second kappa shape index (κ2) is 6.33. The molecule has 1 fully saturated rings. The van der Waals surface area contributed by atoms with Gasteiger partial charge in [0.25, 0.3) is 0 Å². The Labute approximate surface area is 142 Å². The molecule has 0 aromatic carbocycles. The van der Waals surface area contributed by atoms with E-state index in [1.54, 1.807) is 0 Å². The molecule has 1 unspecified atom stereocenters. The average Bonchev–Trinajstić information content (AvgIpc) is 3.22. The first-order valence-electron chi connectivity index (χ1n) is 9.02. The molecule has 130 valence electrons. The summed E-state index contributed by atoms with van der Waals surface area (Å²) >= 11 is 0. The van der Waals surface area contributed by atoms with Gasteiger partial charge in [0.2, 0.25) is 0 Å². The van der Waals surface area contributed by atoms with E-state index in [-0.39, 0.29) is 6.10 Å². The van der Waals surface area contributed by atoms with Gasteiger partial charge < -0.3 is 9.63 Å². The number of aryl methyl sites for hydroxylation is 1. The van der Waals surface area contributed by atoms with E-state index in [4.69, 9.17) is 4.52 Å². The summed E-state index contributed by atoms with van der Waals surface area (Å²) in [5.74, 6) is 1.73. The molecule has 0 amide bonds. The predicted octanol–water partition coefficient (Wildman–Crippen LogP) is 2.84. The molecular formula is C18H26N4O2. The van der Waals surface area contributed by atoms with Crippen LogP contribution in [0, 0.1) is 5.92 Å². The van der Waals surface area contributed by atoms with E-state index in [1.165, 1.54) is 5.69 Å². The zero-order valence-corrected chi connectivity index (χ0v) is 14.5. The van der Waals surface area contributed by atoms with E-state index < -0.39 is 0 Å². The van der Waals surface area contributed by atoms with Crippen LogP contribution < -0.4 is 0 Å². The zero-order chi connectivity index (χ0) is 16.7. The standard InChI is InChI=1S/C18H26N4O2/c1-12(2)17-8-14(20-24-17)10-21-6-3-7-22-15(11-21)9-16(19-22)18(23)13-4-5-13/h8-9,12-13,18,23H,3-7,10-11H2,1-2H3. The lowest BCUT2D eigenvalue weighted by Crippen LogP contribution is -2.22. The summed E-state index contributed by atoms with van der Waals surface area (Å²) in [7, 11) is 0. The largest absolute Gasteiger partial charge is 0.386 e. The van der Waals surface area contributed by atoms with Gasteiger partial charge in [-0.15, -0.1) is 0 Å². The fourth-order valence-electron chi connectivity index (χ4n) is 3.39. The van der Waals surface area contributed by atoms with Crippen LogP contribution in [0.2, 0.25) is 0 Å². The number of aliphatic hydroxyl groups excluding tert-OH is 1. The fourth-order valence-corrected chi connectivity index (χ4v) is 3.39. The normalized spacial score (nSPS) is 20.2. The number of hydrogen-bond donors (Lipinski definition) is 1. The Hall–Kier alpha value is -1.66. The lowest BCUT2D eigenvalue weighted by Gasteiger charge is -2.17. The van der Waals surface area contributed by atoms with Gasteiger partial charge in [-0.3, -0.25) is 9.58 Å². The third-order valence-corrected chi connectivity index (χ3v) is 5.02. The quantitative estimate of drug-likeness (QED) is 0.913. The van der Waals surface area contributed by atoms with Crippen LogP contribution in [0.25, 0.3) is 0 Å². The van der Waals surface area contributed by atoms with Crippen LogP contribution in [-0.2, 0) is 19.6 Å². The Morgan fingerprint density at radius 2 is 2.12 bits per heavy atom. The van der Waals surface area contributed by atoms with Crippen molar-refractivity contribution in [3.63, 3.8) is 0 Å². The molecule has 0 saturated heterocycles. The average molecular weight is 330 g/mol. The number of aliphatic hydroxyl groups is 1. The topological polar surface area (TPSA) is 67.3 Å². The smallest absolute Gasteiger partial charge is 0.139 e. The minimum Gasteiger partial charge on any atom is -0.386 e. The molecule has 0 radical (unpaired) electrons. The summed E-state index contributed by atoms with van der Waals surface area (Å²) in [6.07, 6.45) is 2.92. The molecule has 1 saturated carbocycles. The molecule has 2 aromatic heterocycles. The fraction of sp³-hybridized carbons (Fsp3) is 0.667. The molecule has 2 aromatic rings. The number of nitrogens with zero attached hydrogens (tertiary/aromatic N) is 4. The van der Waals surface area contributed by atoms with E-state index in [9.17, 15) is 5.11 Å². The Morgan fingerprint density at radius 1 is 1.29 bits per heavy atom. The highest BCUT2D eigenvalue weighted by Crippen LogP contribution is 2.40. The Morgan fingerprint density at radius 3 is 2.83 bits per heavy atom. The molecule has 6 nitrogen and oxygen atoms in total. The first kappa shape index (κ1) is 15.8. The Kier molecular flexibility index (Phi) is 4.18. The van der Waals surface area contributed by atoms with Crippen molar-refractivity contribution in [1.29, 1.82) is 0 Å². The third kappa shape index (κ3) is 3.26. The zero-order valence-electron chi connectivity index (χ0n) is 14.5. The summed E-state index contributed by atoms with van der Waals surface area (Å²) in [6, 6.07) is 4.15. The maximum absolute atomic E-state index is 10.3. The van der Waals surface area contributed by atoms with Crippen LogP contribution in [0.5, 0.6) is 0 Å². The molecule has 2 aliphatic rings. The van der Waals surface area contributed by atoms with Gasteiger partial charge in [-0.05, 0) is 31.2 Å². The van der Waals surface area contributed by atoms with E-state index >= 15 is 0 Å². The minimum atomic E-state index is -0.387. The summed E-state index contributed by atoms with van der Waals surface area (Å²) < 4.78 is 7.48. The van der Waals surface area contributed by atoms with E-state index in [0.29, 0.717) is 11.8 Å². The minimum absolute atomic E-state index is 0.364. The van der Waals surface area contributed by atoms with Crippen molar-refractivity contribution in [3.05, 3.63) is 35.0 Å². The summed E-state index contributed by atoms with van der Waals surface area (Å²) in [4.78, 5) is 2.38. The van der Waals surface area contributed by atoms with Gasteiger partial charge in [-0.1, -0.05) is 19.0 Å². The van der Waals surface area contributed by atoms with Crippen LogP contribution in [0.15, 0.2) is 16.7 Å². The molecule has 3 heterocycles. The summed E-state index contributed by atoms with van der Waals surface area (Å²) in [5.41, 5.74) is 3.03. The van der Waals surface area contributed by atoms with Crippen LogP contribution in [0.3, 0.4) is 0 Å².